The van der Waals surface area contributed by atoms with Crippen molar-refractivity contribution in [3.8, 4) is 5.95 Å². The SMILES string of the molecule is Oc1oc(CCc2ccccc2F)nc1/C=C1\C=Nc2ccccc21. The molecular formula is C20H15FN2O2. The Morgan fingerprint density at radius 2 is 1.84 bits per heavy atom. The minimum Gasteiger partial charge on any atom is -0.479 e. The Morgan fingerprint density at radius 1 is 1.04 bits per heavy atom. The molecule has 1 aliphatic rings. The van der Waals surface area contributed by atoms with Gasteiger partial charge in [0.05, 0.1) is 5.69 Å². The van der Waals surface area contributed by atoms with Gasteiger partial charge < -0.3 is 9.52 Å². The molecule has 1 N–H and O–H groups in total. The molecule has 2 heterocycles. The molecule has 4 nitrogen and oxygen atoms in total. The molecule has 0 radical (unpaired) electrons. The highest BCUT2D eigenvalue weighted by molar-refractivity contribution is 6.21. The van der Waals surface area contributed by atoms with E-state index in [0.29, 0.717) is 30.0 Å². The number of hydrogen-bond donors (Lipinski definition) is 1. The monoisotopic (exact) mass is 334 g/mol. The molecule has 0 bridgehead atoms. The molecule has 0 spiro atoms. The summed E-state index contributed by atoms with van der Waals surface area (Å²) >= 11 is 0. The molecule has 0 saturated heterocycles. The van der Waals surface area contributed by atoms with Gasteiger partial charge in [-0.1, -0.05) is 36.4 Å². The van der Waals surface area contributed by atoms with Crippen LogP contribution in [0.2, 0.25) is 0 Å². The molecule has 1 aromatic heterocycles. The summed E-state index contributed by atoms with van der Waals surface area (Å²) in [4.78, 5) is 8.64. The van der Waals surface area contributed by atoms with Gasteiger partial charge in [0, 0.05) is 23.8 Å². The summed E-state index contributed by atoms with van der Waals surface area (Å²) in [5.41, 5.74) is 3.67. The van der Waals surface area contributed by atoms with Crippen LogP contribution in [0.25, 0.3) is 11.6 Å². The smallest absolute Gasteiger partial charge is 0.310 e. The van der Waals surface area contributed by atoms with Crippen LogP contribution in [0.15, 0.2) is 57.9 Å². The third-order valence-electron chi connectivity index (χ3n) is 4.09. The zero-order chi connectivity index (χ0) is 17.2. The first kappa shape index (κ1) is 15.3. The summed E-state index contributed by atoms with van der Waals surface area (Å²) in [7, 11) is 0. The number of aromatic hydroxyl groups is 1. The van der Waals surface area contributed by atoms with Gasteiger partial charge in [0.15, 0.2) is 5.89 Å². The summed E-state index contributed by atoms with van der Waals surface area (Å²) in [6.07, 6.45) is 4.33. The number of fused-ring (bicyclic) bond motifs is 1. The minimum atomic E-state index is -0.251. The lowest BCUT2D eigenvalue weighted by atomic mass is 10.1. The first-order valence-electron chi connectivity index (χ1n) is 7.98. The summed E-state index contributed by atoms with van der Waals surface area (Å²) in [5, 5.41) is 10.00. The van der Waals surface area contributed by atoms with Crippen LogP contribution in [0.3, 0.4) is 0 Å². The third kappa shape index (κ3) is 3.08. The van der Waals surface area contributed by atoms with E-state index in [1.807, 2.05) is 24.3 Å². The van der Waals surface area contributed by atoms with Crippen LogP contribution in [0.1, 0.15) is 22.7 Å². The van der Waals surface area contributed by atoms with Crippen LogP contribution in [0, 0.1) is 5.82 Å². The molecule has 1 aliphatic heterocycles. The Hall–Kier alpha value is -3.21. The fraction of sp³-hybridized carbons (Fsp3) is 0.100. The molecule has 0 saturated carbocycles. The van der Waals surface area contributed by atoms with Gasteiger partial charge in [-0.2, -0.15) is 0 Å². The molecule has 25 heavy (non-hydrogen) atoms. The fourth-order valence-corrected chi connectivity index (χ4v) is 2.81. The van der Waals surface area contributed by atoms with Crippen molar-refractivity contribution in [1.29, 1.82) is 0 Å². The quantitative estimate of drug-likeness (QED) is 0.761. The Labute approximate surface area is 144 Å². The minimum absolute atomic E-state index is 0.242. The standard InChI is InChI=1S/C20H15FN2O2/c21-16-7-3-1-5-13(16)9-10-19-23-18(20(24)25-19)11-14-12-22-17-8-4-2-6-15(14)17/h1-8,11-12,24H,9-10H2/b14-11+. The second-order valence-electron chi connectivity index (χ2n) is 5.76. The van der Waals surface area contributed by atoms with Crippen molar-refractivity contribution in [3.05, 3.63) is 77.1 Å². The van der Waals surface area contributed by atoms with Crippen LogP contribution in [0.5, 0.6) is 5.95 Å². The van der Waals surface area contributed by atoms with Gasteiger partial charge in [0.25, 0.3) is 0 Å². The lowest BCUT2D eigenvalue weighted by Crippen LogP contribution is -1.94. The molecule has 4 rings (SSSR count). The van der Waals surface area contributed by atoms with Crippen molar-refractivity contribution in [2.45, 2.75) is 12.8 Å². The highest BCUT2D eigenvalue weighted by Crippen LogP contribution is 2.33. The van der Waals surface area contributed by atoms with Crippen molar-refractivity contribution in [2.75, 3.05) is 0 Å². The van der Waals surface area contributed by atoms with E-state index in [1.54, 1.807) is 30.5 Å². The van der Waals surface area contributed by atoms with E-state index in [1.165, 1.54) is 6.07 Å². The Morgan fingerprint density at radius 3 is 2.72 bits per heavy atom. The van der Waals surface area contributed by atoms with Gasteiger partial charge >= 0.3 is 5.95 Å². The second-order valence-corrected chi connectivity index (χ2v) is 5.76. The molecule has 0 unspecified atom stereocenters. The predicted molar refractivity (Wildman–Crippen MR) is 94.4 cm³/mol. The highest BCUT2D eigenvalue weighted by atomic mass is 19.1. The average Bonchev–Trinajstić information content (AvgIpc) is 3.19. The number of allylic oxidation sites excluding steroid dienone is 1. The first-order valence-corrected chi connectivity index (χ1v) is 7.98. The van der Waals surface area contributed by atoms with E-state index in [0.717, 1.165) is 16.8 Å². The maximum Gasteiger partial charge on any atom is 0.310 e. The Bertz CT molecular complexity index is 989. The molecule has 0 amide bonds. The topological polar surface area (TPSA) is 58.6 Å². The van der Waals surface area contributed by atoms with Gasteiger partial charge in [0.2, 0.25) is 0 Å². The molecular weight excluding hydrogens is 319 g/mol. The van der Waals surface area contributed by atoms with Crippen molar-refractivity contribution < 1.29 is 13.9 Å². The van der Waals surface area contributed by atoms with Gasteiger partial charge in [-0.15, -0.1) is 0 Å². The van der Waals surface area contributed by atoms with E-state index >= 15 is 0 Å². The number of aromatic nitrogens is 1. The molecule has 0 aliphatic carbocycles. The van der Waals surface area contributed by atoms with E-state index in [2.05, 4.69) is 9.98 Å². The van der Waals surface area contributed by atoms with Crippen LogP contribution in [-0.4, -0.2) is 16.3 Å². The van der Waals surface area contributed by atoms with Crippen LogP contribution in [-0.2, 0) is 12.8 Å². The van der Waals surface area contributed by atoms with Gasteiger partial charge in [-0.05, 0) is 30.2 Å². The third-order valence-corrected chi connectivity index (χ3v) is 4.09. The number of benzene rings is 2. The summed E-state index contributed by atoms with van der Waals surface area (Å²) < 4.78 is 19.0. The normalized spacial score (nSPS) is 14.2. The molecule has 5 heteroatoms. The Kier molecular flexibility index (Phi) is 3.90. The molecule has 3 aromatic rings. The number of oxazole rings is 1. The highest BCUT2D eigenvalue weighted by Gasteiger charge is 2.15. The number of halogens is 1. The lowest BCUT2D eigenvalue weighted by molar-refractivity contribution is 0.316. The van der Waals surface area contributed by atoms with Crippen molar-refractivity contribution >= 4 is 23.6 Å². The van der Waals surface area contributed by atoms with Crippen LogP contribution < -0.4 is 0 Å². The van der Waals surface area contributed by atoms with Crippen LogP contribution in [0.4, 0.5) is 10.1 Å². The molecule has 124 valence electrons. The van der Waals surface area contributed by atoms with Gasteiger partial charge in [0.1, 0.15) is 11.5 Å². The summed E-state index contributed by atoms with van der Waals surface area (Å²) in [6, 6.07) is 14.3. The second kappa shape index (κ2) is 6.36. The van der Waals surface area contributed by atoms with Crippen LogP contribution >= 0.6 is 0 Å². The Balaban J connectivity index is 1.55. The maximum absolute atomic E-state index is 13.7. The predicted octanol–water partition coefficient (Wildman–Crippen LogP) is 4.56. The average molecular weight is 334 g/mol. The van der Waals surface area contributed by atoms with Crippen molar-refractivity contribution in [2.24, 2.45) is 4.99 Å². The van der Waals surface area contributed by atoms with Gasteiger partial charge in [-0.3, -0.25) is 4.99 Å². The number of nitrogens with zero attached hydrogens (tertiary/aromatic N) is 2. The van der Waals surface area contributed by atoms with E-state index < -0.39 is 0 Å². The summed E-state index contributed by atoms with van der Waals surface area (Å²) in [5.74, 6) is -0.121. The number of para-hydroxylation sites is 1. The maximum atomic E-state index is 13.7. The zero-order valence-electron chi connectivity index (χ0n) is 13.3. The molecule has 2 aromatic carbocycles. The van der Waals surface area contributed by atoms with Crippen molar-refractivity contribution in [1.82, 2.24) is 4.98 Å². The summed E-state index contributed by atoms with van der Waals surface area (Å²) in [6.45, 7) is 0. The first-order chi connectivity index (χ1) is 12.2. The zero-order valence-corrected chi connectivity index (χ0v) is 13.3. The molecule has 0 fully saturated rings. The number of aryl methyl sites for hydroxylation is 2. The van der Waals surface area contributed by atoms with Crippen molar-refractivity contribution in [3.63, 3.8) is 0 Å². The van der Waals surface area contributed by atoms with Gasteiger partial charge in [-0.25, -0.2) is 9.37 Å². The van der Waals surface area contributed by atoms with E-state index in [-0.39, 0.29) is 11.8 Å². The van der Waals surface area contributed by atoms with E-state index in [9.17, 15) is 9.50 Å². The molecule has 0 atom stereocenters. The number of rotatable bonds is 4. The van der Waals surface area contributed by atoms with E-state index in [4.69, 9.17) is 4.42 Å². The fourth-order valence-electron chi connectivity index (χ4n) is 2.81. The number of aliphatic imine (C=N–C) groups is 1. The lowest BCUT2D eigenvalue weighted by Gasteiger charge is -1.99. The largest absolute Gasteiger partial charge is 0.479 e. The number of hydrogen-bond acceptors (Lipinski definition) is 4.